The van der Waals surface area contributed by atoms with E-state index in [2.05, 4.69) is 106 Å². The normalized spacial score (nSPS) is 15.0. The van der Waals surface area contributed by atoms with Crippen molar-refractivity contribution in [1.82, 2.24) is 0 Å². The Bertz CT molecular complexity index is 586. The summed E-state index contributed by atoms with van der Waals surface area (Å²) < 4.78 is 0. The largest absolute Gasteiger partial charge is 0.0649 e. The second-order valence-corrected chi connectivity index (χ2v) is 12.9. The van der Waals surface area contributed by atoms with Crippen molar-refractivity contribution in [2.24, 2.45) is 27.6 Å². The van der Waals surface area contributed by atoms with Gasteiger partial charge in [0.15, 0.2) is 0 Å². The Hall–Kier alpha value is -0.780. The zero-order valence-electron chi connectivity index (χ0n) is 21.8. The minimum Gasteiger partial charge on any atom is -0.0649 e. The standard InChI is InChI=1S/C29H52/c1-12-28(8,9)29(10,11)21-20-26(4,5)22-25(24-16-14-13-15-17-24)27(6,7)19-18-23(2)3/h13-17,23,25H,12,18-22H2,1-11H3. The molecule has 1 aromatic carbocycles. The van der Waals surface area contributed by atoms with Gasteiger partial charge >= 0.3 is 0 Å². The monoisotopic (exact) mass is 400 g/mol. The van der Waals surface area contributed by atoms with Gasteiger partial charge < -0.3 is 0 Å². The molecule has 0 heteroatoms. The van der Waals surface area contributed by atoms with Crippen LogP contribution in [0.15, 0.2) is 30.3 Å². The molecule has 1 aromatic rings. The Kier molecular flexibility index (Phi) is 9.07. The van der Waals surface area contributed by atoms with Crippen LogP contribution in [0.25, 0.3) is 0 Å². The number of hydrogen-bond acceptors (Lipinski definition) is 0. The average molecular weight is 401 g/mol. The quantitative estimate of drug-likeness (QED) is 0.327. The van der Waals surface area contributed by atoms with Crippen molar-refractivity contribution in [3.8, 4) is 0 Å². The van der Waals surface area contributed by atoms with E-state index in [1.165, 1.54) is 44.1 Å². The Balaban J connectivity index is 3.03. The van der Waals surface area contributed by atoms with E-state index in [1.807, 2.05) is 0 Å². The molecule has 0 fully saturated rings. The molecule has 0 aliphatic heterocycles. The van der Waals surface area contributed by atoms with Gasteiger partial charge in [-0.2, -0.15) is 0 Å². The van der Waals surface area contributed by atoms with E-state index in [1.54, 1.807) is 0 Å². The van der Waals surface area contributed by atoms with E-state index < -0.39 is 0 Å². The zero-order valence-corrected chi connectivity index (χ0v) is 21.8. The van der Waals surface area contributed by atoms with Crippen LogP contribution in [0.5, 0.6) is 0 Å². The van der Waals surface area contributed by atoms with Gasteiger partial charge in [-0.3, -0.25) is 0 Å². The van der Waals surface area contributed by atoms with Gasteiger partial charge in [0.05, 0.1) is 0 Å². The Morgan fingerprint density at radius 2 is 1.28 bits per heavy atom. The van der Waals surface area contributed by atoms with Crippen LogP contribution in [-0.2, 0) is 0 Å². The van der Waals surface area contributed by atoms with Crippen molar-refractivity contribution in [3.63, 3.8) is 0 Å². The summed E-state index contributed by atoms with van der Waals surface area (Å²) in [5.74, 6) is 1.38. The first-order valence-electron chi connectivity index (χ1n) is 12.2. The second kappa shape index (κ2) is 10.0. The third-order valence-corrected chi connectivity index (χ3v) is 8.41. The van der Waals surface area contributed by atoms with Crippen LogP contribution in [0, 0.1) is 27.6 Å². The molecule has 0 aliphatic carbocycles. The maximum Gasteiger partial charge on any atom is -0.0106 e. The van der Waals surface area contributed by atoms with Crippen LogP contribution in [0.2, 0.25) is 0 Å². The van der Waals surface area contributed by atoms with E-state index in [0.717, 1.165) is 5.92 Å². The van der Waals surface area contributed by atoms with Gasteiger partial charge in [-0.05, 0) is 64.7 Å². The molecule has 1 rings (SSSR count). The smallest absolute Gasteiger partial charge is 0.0106 e. The van der Waals surface area contributed by atoms with E-state index in [9.17, 15) is 0 Å². The van der Waals surface area contributed by atoms with Crippen LogP contribution in [0.1, 0.15) is 126 Å². The molecule has 0 nitrogen and oxygen atoms in total. The highest BCUT2D eigenvalue weighted by Crippen LogP contribution is 2.50. The summed E-state index contributed by atoms with van der Waals surface area (Å²) in [7, 11) is 0. The lowest BCUT2D eigenvalue weighted by atomic mass is 9.60. The van der Waals surface area contributed by atoms with E-state index in [-0.39, 0.29) is 0 Å². The van der Waals surface area contributed by atoms with Gasteiger partial charge in [-0.25, -0.2) is 0 Å². The lowest BCUT2D eigenvalue weighted by Crippen LogP contribution is -2.34. The average Bonchev–Trinajstić information content (AvgIpc) is 2.63. The van der Waals surface area contributed by atoms with E-state index >= 15 is 0 Å². The fourth-order valence-electron chi connectivity index (χ4n) is 4.49. The third-order valence-electron chi connectivity index (χ3n) is 8.41. The first kappa shape index (κ1) is 26.3. The highest BCUT2D eigenvalue weighted by Gasteiger charge is 2.39. The fraction of sp³-hybridized carbons (Fsp3) is 0.793. The molecule has 0 saturated heterocycles. The molecule has 1 atom stereocenters. The SMILES string of the molecule is CCC(C)(C)C(C)(C)CCC(C)(C)CC(c1ccccc1)C(C)(C)CCC(C)C. The maximum atomic E-state index is 2.51. The molecular formula is C29H52. The highest BCUT2D eigenvalue weighted by atomic mass is 14.4. The van der Waals surface area contributed by atoms with Gasteiger partial charge in [0, 0.05) is 0 Å². The Morgan fingerprint density at radius 1 is 0.724 bits per heavy atom. The summed E-state index contributed by atoms with van der Waals surface area (Å²) in [6.07, 6.45) is 7.73. The first-order chi connectivity index (χ1) is 13.1. The van der Waals surface area contributed by atoms with Crippen molar-refractivity contribution in [2.75, 3.05) is 0 Å². The minimum atomic E-state index is 0.321. The summed E-state index contributed by atoms with van der Waals surface area (Å²) in [6.45, 7) is 26.9. The number of benzene rings is 1. The maximum absolute atomic E-state index is 2.51. The molecule has 0 aliphatic rings. The van der Waals surface area contributed by atoms with Crippen LogP contribution in [-0.4, -0.2) is 0 Å². The fourth-order valence-corrected chi connectivity index (χ4v) is 4.49. The van der Waals surface area contributed by atoms with Crippen molar-refractivity contribution in [3.05, 3.63) is 35.9 Å². The molecule has 0 spiro atoms. The molecular weight excluding hydrogens is 348 g/mol. The van der Waals surface area contributed by atoms with Crippen LogP contribution < -0.4 is 0 Å². The molecule has 0 N–H and O–H groups in total. The molecule has 168 valence electrons. The molecule has 0 bridgehead atoms. The molecule has 0 radical (unpaired) electrons. The Morgan fingerprint density at radius 3 is 1.76 bits per heavy atom. The summed E-state index contributed by atoms with van der Waals surface area (Å²) >= 11 is 0. The number of rotatable bonds is 12. The van der Waals surface area contributed by atoms with Gasteiger partial charge in [0.1, 0.15) is 0 Å². The van der Waals surface area contributed by atoms with Crippen molar-refractivity contribution < 1.29 is 0 Å². The highest BCUT2D eigenvalue weighted by molar-refractivity contribution is 5.22. The van der Waals surface area contributed by atoms with Crippen LogP contribution >= 0.6 is 0 Å². The van der Waals surface area contributed by atoms with Gasteiger partial charge in [-0.15, -0.1) is 0 Å². The van der Waals surface area contributed by atoms with Crippen LogP contribution in [0.3, 0.4) is 0 Å². The zero-order chi connectivity index (χ0) is 22.5. The summed E-state index contributed by atoms with van der Waals surface area (Å²) in [5, 5.41) is 0. The van der Waals surface area contributed by atoms with E-state index in [4.69, 9.17) is 0 Å². The first-order valence-corrected chi connectivity index (χ1v) is 12.2. The summed E-state index contributed by atoms with van der Waals surface area (Å²) in [5.41, 5.74) is 2.95. The Labute approximate surface area is 184 Å². The van der Waals surface area contributed by atoms with Gasteiger partial charge in [0.2, 0.25) is 0 Å². The minimum absolute atomic E-state index is 0.321. The molecule has 1 unspecified atom stereocenters. The number of hydrogen-bond donors (Lipinski definition) is 0. The van der Waals surface area contributed by atoms with Crippen LogP contribution in [0.4, 0.5) is 0 Å². The van der Waals surface area contributed by atoms with E-state index in [0.29, 0.717) is 27.6 Å². The third kappa shape index (κ3) is 7.76. The summed E-state index contributed by atoms with van der Waals surface area (Å²) in [6, 6.07) is 11.3. The lowest BCUT2D eigenvalue weighted by molar-refractivity contribution is 0.0693. The molecule has 0 amide bonds. The van der Waals surface area contributed by atoms with Gasteiger partial charge in [0.25, 0.3) is 0 Å². The molecule has 29 heavy (non-hydrogen) atoms. The lowest BCUT2D eigenvalue weighted by Gasteiger charge is -2.45. The molecule has 0 heterocycles. The van der Waals surface area contributed by atoms with Crippen molar-refractivity contribution >= 4 is 0 Å². The predicted molar refractivity (Wildman–Crippen MR) is 133 cm³/mol. The predicted octanol–water partition coefficient (Wildman–Crippen LogP) is 9.89. The van der Waals surface area contributed by atoms with Gasteiger partial charge in [-0.1, -0.05) is 119 Å². The van der Waals surface area contributed by atoms with Crippen molar-refractivity contribution in [1.29, 1.82) is 0 Å². The topological polar surface area (TPSA) is 0 Å². The summed E-state index contributed by atoms with van der Waals surface area (Å²) in [4.78, 5) is 0. The van der Waals surface area contributed by atoms with Crippen molar-refractivity contribution in [2.45, 2.75) is 121 Å². The molecule has 0 saturated carbocycles. The molecule has 0 aromatic heterocycles. The second-order valence-electron chi connectivity index (χ2n) is 12.9.